The summed E-state index contributed by atoms with van der Waals surface area (Å²) in [5.74, 6) is 0.239. The summed E-state index contributed by atoms with van der Waals surface area (Å²) < 4.78 is 5.74. The molecule has 0 aromatic rings. The molecule has 0 spiro atoms. The molecule has 164 valence electrons. The normalized spacial score (nSPS) is 33.4. The second-order valence-electron chi connectivity index (χ2n) is 10.1. The number of ether oxygens (including phenoxy) is 1. The van der Waals surface area contributed by atoms with Crippen molar-refractivity contribution in [1.82, 2.24) is 0 Å². The van der Waals surface area contributed by atoms with E-state index in [1.165, 1.54) is 12.0 Å². The maximum atomic E-state index is 12.2. The van der Waals surface area contributed by atoms with E-state index in [-0.39, 0.29) is 29.1 Å². The highest BCUT2D eigenvalue weighted by Gasteiger charge is 2.53. The minimum Gasteiger partial charge on any atom is -0.481 e. The van der Waals surface area contributed by atoms with Crippen LogP contribution in [0.5, 0.6) is 0 Å². The van der Waals surface area contributed by atoms with Crippen LogP contribution in [0.2, 0.25) is 0 Å². The molecule has 1 N–H and O–H groups in total. The molecule has 0 aromatic heterocycles. The molecular weight excluding hydrogens is 364 g/mol. The molecule has 5 unspecified atom stereocenters. The number of esters is 1. The third-order valence-electron chi connectivity index (χ3n) is 7.88. The van der Waals surface area contributed by atoms with Crippen molar-refractivity contribution in [3.63, 3.8) is 0 Å². The van der Waals surface area contributed by atoms with Gasteiger partial charge >= 0.3 is 11.9 Å². The minimum absolute atomic E-state index is 0.0151. The van der Waals surface area contributed by atoms with E-state index in [0.29, 0.717) is 24.0 Å². The first-order chi connectivity index (χ1) is 13.5. The molecule has 1 fully saturated rings. The Morgan fingerprint density at radius 3 is 2.66 bits per heavy atom. The zero-order valence-electron chi connectivity index (χ0n) is 19.2. The molecule has 0 heterocycles. The largest absolute Gasteiger partial charge is 0.481 e. The Hall–Kier alpha value is -1.58. The van der Waals surface area contributed by atoms with Crippen molar-refractivity contribution < 1.29 is 19.4 Å². The van der Waals surface area contributed by atoms with Gasteiger partial charge < -0.3 is 9.84 Å². The summed E-state index contributed by atoms with van der Waals surface area (Å²) in [6.45, 7) is 13.2. The Balaban J connectivity index is 2.16. The van der Waals surface area contributed by atoms with Crippen molar-refractivity contribution in [3.8, 4) is 0 Å². The SMILES string of the molecule is CC=C(C)C(=O)OCC1(C)CCCC2(C)C(CCC(C)CC(=O)O)C(C)=CCC12. The molecule has 4 nitrogen and oxygen atoms in total. The lowest BCUT2D eigenvalue weighted by molar-refractivity contribution is -0.149. The van der Waals surface area contributed by atoms with E-state index in [1.54, 1.807) is 13.0 Å². The molecule has 2 aliphatic rings. The minimum atomic E-state index is -0.707. The average molecular weight is 405 g/mol. The van der Waals surface area contributed by atoms with E-state index in [1.807, 2.05) is 13.8 Å². The second-order valence-corrected chi connectivity index (χ2v) is 10.1. The van der Waals surface area contributed by atoms with E-state index >= 15 is 0 Å². The molecule has 0 radical (unpaired) electrons. The van der Waals surface area contributed by atoms with Crippen molar-refractivity contribution in [2.24, 2.45) is 28.6 Å². The van der Waals surface area contributed by atoms with E-state index in [0.717, 1.165) is 32.1 Å². The van der Waals surface area contributed by atoms with Crippen LogP contribution in [0, 0.1) is 28.6 Å². The van der Waals surface area contributed by atoms with Crippen molar-refractivity contribution in [3.05, 3.63) is 23.3 Å². The van der Waals surface area contributed by atoms with Crippen LogP contribution in [0.3, 0.4) is 0 Å². The lowest BCUT2D eigenvalue weighted by Gasteiger charge is -2.57. The standard InChI is InChI=1S/C25H40O4/c1-7-18(3)23(28)29-16-24(5)13-8-14-25(6)20(19(4)10-12-21(24)25)11-9-17(2)15-22(26)27/h7,10,17,20-21H,8-9,11-16H2,1-6H3,(H,26,27). The molecule has 29 heavy (non-hydrogen) atoms. The molecule has 1 saturated carbocycles. The topological polar surface area (TPSA) is 63.6 Å². The molecule has 0 amide bonds. The molecule has 5 atom stereocenters. The van der Waals surface area contributed by atoms with Crippen LogP contribution in [0.1, 0.15) is 86.5 Å². The fourth-order valence-electron chi connectivity index (χ4n) is 6.00. The van der Waals surface area contributed by atoms with Gasteiger partial charge in [-0.3, -0.25) is 4.79 Å². The molecule has 2 aliphatic carbocycles. The highest BCUT2D eigenvalue weighted by atomic mass is 16.5. The third kappa shape index (κ3) is 5.32. The van der Waals surface area contributed by atoms with E-state index < -0.39 is 5.97 Å². The van der Waals surface area contributed by atoms with Gasteiger partial charge in [-0.25, -0.2) is 4.79 Å². The van der Waals surface area contributed by atoms with Crippen LogP contribution in [-0.4, -0.2) is 23.7 Å². The summed E-state index contributed by atoms with van der Waals surface area (Å²) in [5.41, 5.74) is 2.28. The van der Waals surface area contributed by atoms with Crippen molar-refractivity contribution in [2.75, 3.05) is 6.61 Å². The summed E-state index contributed by atoms with van der Waals surface area (Å²) in [7, 11) is 0. The zero-order valence-corrected chi connectivity index (χ0v) is 19.2. The zero-order chi connectivity index (χ0) is 21.8. The Labute approximate surface area is 176 Å². The number of allylic oxidation sites excluding steroid dienone is 3. The van der Waals surface area contributed by atoms with Crippen molar-refractivity contribution >= 4 is 11.9 Å². The van der Waals surface area contributed by atoms with Gasteiger partial charge in [-0.15, -0.1) is 0 Å². The van der Waals surface area contributed by atoms with Crippen molar-refractivity contribution in [2.45, 2.75) is 86.5 Å². The number of carbonyl (C=O) groups is 2. The Morgan fingerprint density at radius 2 is 2.03 bits per heavy atom. The second kappa shape index (κ2) is 9.49. The predicted octanol–water partition coefficient (Wildman–Crippen LogP) is 6.17. The first-order valence-corrected chi connectivity index (χ1v) is 11.2. The molecule has 0 bridgehead atoms. The fraction of sp³-hybridized carbons (Fsp3) is 0.760. The van der Waals surface area contributed by atoms with Gasteiger partial charge in [0.25, 0.3) is 0 Å². The van der Waals surface area contributed by atoms with E-state index in [4.69, 9.17) is 9.84 Å². The van der Waals surface area contributed by atoms with Crippen LogP contribution in [0.15, 0.2) is 23.3 Å². The Kier molecular flexibility index (Phi) is 7.75. The van der Waals surface area contributed by atoms with Gasteiger partial charge in [0, 0.05) is 17.4 Å². The number of carboxylic acids is 1. The molecule has 4 heteroatoms. The number of hydrogen-bond acceptors (Lipinski definition) is 3. The van der Waals surface area contributed by atoms with Crippen LogP contribution in [0.4, 0.5) is 0 Å². The van der Waals surface area contributed by atoms with Gasteiger partial charge in [0.05, 0.1) is 6.61 Å². The smallest absolute Gasteiger partial charge is 0.333 e. The van der Waals surface area contributed by atoms with E-state index in [2.05, 4.69) is 26.8 Å². The monoisotopic (exact) mass is 404 g/mol. The average Bonchev–Trinajstić information content (AvgIpc) is 2.64. The number of carbonyl (C=O) groups excluding carboxylic acids is 1. The first kappa shape index (κ1) is 23.7. The molecule has 0 aliphatic heterocycles. The Bertz CT molecular complexity index is 676. The quantitative estimate of drug-likeness (QED) is 0.299. The maximum absolute atomic E-state index is 12.2. The van der Waals surface area contributed by atoms with Gasteiger partial charge in [0.2, 0.25) is 0 Å². The van der Waals surface area contributed by atoms with Crippen LogP contribution >= 0.6 is 0 Å². The number of aliphatic carboxylic acids is 1. The summed E-state index contributed by atoms with van der Waals surface area (Å²) in [6.07, 6.45) is 10.9. The third-order valence-corrected chi connectivity index (χ3v) is 7.88. The lowest BCUT2D eigenvalue weighted by atomic mass is 9.48. The number of rotatable bonds is 8. The van der Waals surface area contributed by atoms with Gasteiger partial charge in [-0.1, -0.05) is 44.9 Å². The Morgan fingerprint density at radius 1 is 1.34 bits per heavy atom. The molecule has 0 aromatic carbocycles. The van der Waals surface area contributed by atoms with Gasteiger partial charge in [-0.2, -0.15) is 0 Å². The molecule has 2 rings (SSSR count). The summed E-state index contributed by atoms with van der Waals surface area (Å²) in [4.78, 5) is 23.3. The van der Waals surface area contributed by atoms with Crippen molar-refractivity contribution in [1.29, 1.82) is 0 Å². The highest BCUT2D eigenvalue weighted by molar-refractivity contribution is 5.87. The highest BCUT2D eigenvalue weighted by Crippen LogP contribution is 2.60. The summed E-state index contributed by atoms with van der Waals surface area (Å²) in [6, 6.07) is 0. The molecular formula is C25H40O4. The van der Waals surface area contributed by atoms with Crippen LogP contribution in [-0.2, 0) is 14.3 Å². The molecule has 0 saturated heterocycles. The van der Waals surface area contributed by atoms with Gasteiger partial charge in [0.1, 0.15) is 0 Å². The lowest BCUT2D eigenvalue weighted by Crippen LogP contribution is -2.51. The number of hydrogen-bond donors (Lipinski definition) is 1. The first-order valence-electron chi connectivity index (χ1n) is 11.2. The predicted molar refractivity (Wildman–Crippen MR) is 116 cm³/mol. The summed E-state index contributed by atoms with van der Waals surface area (Å²) in [5, 5.41) is 9.08. The van der Waals surface area contributed by atoms with Crippen LogP contribution < -0.4 is 0 Å². The summed E-state index contributed by atoms with van der Waals surface area (Å²) >= 11 is 0. The maximum Gasteiger partial charge on any atom is 0.333 e. The van der Waals surface area contributed by atoms with Gasteiger partial charge in [-0.05, 0) is 76.0 Å². The number of carboxylic acid groups (broad SMARTS) is 1. The van der Waals surface area contributed by atoms with Crippen LogP contribution in [0.25, 0.3) is 0 Å². The van der Waals surface area contributed by atoms with E-state index in [9.17, 15) is 9.59 Å². The van der Waals surface area contributed by atoms with Gasteiger partial charge in [0.15, 0.2) is 0 Å². The fourth-order valence-corrected chi connectivity index (χ4v) is 6.00. The number of fused-ring (bicyclic) bond motifs is 1.